The first-order valence-corrected chi connectivity index (χ1v) is 3.98. The molecule has 1 aromatic carbocycles. The van der Waals surface area contributed by atoms with Crippen LogP contribution in [0.2, 0.25) is 5.02 Å². The molecule has 2 nitrogen and oxygen atoms in total. The Morgan fingerprint density at radius 3 is 2.82 bits per heavy atom. The Morgan fingerprint density at radius 1 is 1.55 bits per heavy atom. The van der Waals surface area contributed by atoms with E-state index in [0.29, 0.717) is 18.5 Å². The molecule has 0 unspecified atom stereocenters. The first kappa shape index (κ1) is 8.91. The Morgan fingerprint density at radius 2 is 2.27 bits per heavy atom. The van der Waals surface area contributed by atoms with Crippen molar-refractivity contribution in [1.82, 2.24) is 0 Å². The van der Waals surface area contributed by atoms with Crippen LogP contribution in [0.5, 0.6) is 5.75 Å². The maximum atomic E-state index is 8.30. The van der Waals surface area contributed by atoms with Crippen molar-refractivity contribution in [1.29, 1.82) is 0 Å². The molecule has 1 aromatic rings. The summed E-state index contributed by atoms with van der Waals surface area (Å²) in [7, 11) is 0.592. The second kappa shape index (κ2) is 4.00. The van der Waals surface area contributed by atoms with Crippen molar-refractivity contribution >= 4 is 35.2 Å². The van der Waals surface area contributed by atoms with Gasteiger partial charge in [0.2, 0.25) is 0 Å². The van der Waals surface area contributed by atoms with E-state index >= 15 is 0 Å². The smallest absolute Gasteiger partial charge is 0.536 e. The van der Waals surface area contributed by atoms with Crippen molar-refractivity contribution in [2.45, 2.75) is 0 Å². The lowest BCUT2D eigenvalue weighted by atomic mass is 10.3. The zero-order chi connectivity index (χ0) is 8.27. The summed E-state index contributed by atoms with van der Waals surface area (Å²) in [4.78, 5) is 0. The fourth-order valence-corrected chi connectivity index (χ4v) is 1.35. The van der Waals surface area contributed by atoms with Crippen molar-refractivity contribution in [3.8, 4) is 5.75 Å². The zero-order valence-electron chi connectivity index (χ0n) is 5.42. The third-order valence-corrected chi connectivity index (χ3v) is 1.86. The standard InChI is InChI=1S/C6H4BBrClO2/c8-4-1-2-6(11-7-10)5(9)3-4/h1-3,10H. The van der Waals surface area contributed by atoms with Gasteiger partial charge in [-0.15, -0.1) is 0 Å². The van der Waals surface area contributed by atoms with Gasteiger partial charge in [0.25, 0.3) is 0 Å². The summed E-state index contributed by atoms with van der Waals surface area (Å²) in [6, 6.07) is 5.10. The van der Waals surface area contributed by atoms with Crippen LogP contribution in [0.4, 0.5) is 0 Å². The fourth-order valence-electron chi connectivity index (χ4n) is 0.628. The van der Waals surface area contributed by atoms with Crippen LogP contribution in [0.15, 0.2) is 22.7 Å². The molecule has 0 saturated carbocycles. The average molecular weight is 234 g/mol. The van der Waals surface area contributed by atoms with E-state index in [2.05, 4.69) is 20.6 Å². The predicted octanol–water partition coefficient (Wildman–Crippen LogP) is 2.01. The highest BCUT2D eigenvalue weighted by Crippen LogP contribution is 2.27. The number of hydrogen-bond acceptors (Lipinski definition) is 2. The minimum Gasteiger partial charge on any atom is -0.536 e. The van der Waals surface area contributed by atoms with Gasteiger partial charge >= 0.3 is 7.69 Å². The van der Waals surface area contributed by atoms with E-state index in [4.69, 9.17) is 16.6 Å². The predicted molar refractivity (Wildman–Crippen MR) is 47.8 cm³/mol. The SMILES string of the molecule is O[B]Oc1ccc(Br)cc1Cl. The second-order valence-electron chi connectivity index (χ2n) is 1.80. The monoisotopic (exact) mass is 233 g/mol. The number of benzene rings is 1. The van der Waals surface area contributed by atoms with Crippen LogP contribution in [0, 0.1) is 0 Å². The molecule has 0 spiro atoms. The zero-order valence-corrected chi connectivity index (χ0v) is 7.76. The van der Waals surface area contributed by atoms with Crippen LogP contribution in [-0.4, -0.2) is 12.7 Å². The van der Waals surface area contributed by atoms with Crippen LogP contribution in [0.25, 0.3) is 0 Å². The van der Waals surface area contributed by atoms with Crippen LogP contribution >= 0.6 is 27.5 Å². The minimum atomic E-state index is 0.428. The lowest BCUT2D eigenvalue weighted by molar-refractivity contribution is 0.454. The largest absolute Gasteiger partial charge is 0.569 e. The van der Waals surface area contributed by atoms with Crippen LogP contribution in [-0.2, 0) is 0 Å². The first-order valence-electron chi connectivity index (χ1n) is 2.81. The molecule has 0 atom stereocenters. The van der Waals surface area contributed by atoms with Gasteiger partial charge in [-0.05, 0) is 18.2 Å². The summed E-state index contributed by atoms with van der Waals surface area (Å²) in [6.45, 7) is 0. The highest BCUT2D eigenvalue weighted by Gasteiger charge is 2.01. The van der Waals surface area contributed by atoms with Gasteiger partial charge in [-0.25, -0.2) is 0 Å². The van der Waals surface area contributed by atoms with Crippen molar-refractivity contribution in [3.63, 3.8) is 0 Å². The molecule has 1 radical (unpaired) electrons. The van der Waals surface area contributed by atoms with E-state index in [1.54, 1.807) is 18.2 Å². The Bertz CT molecular complexity index is 256. The van der Waals surface area contributed by atoms with Gasteiger partial charge in [0, 0.05) is 4.47 Å². The van der Waals surface area contributed by atoms with Gasteiger partial charge in [0.05, 0.1) is 5.02 Å². The molecule has 11 heavy (non-hydrogen) atoms. The summed E-state index contributed by atoms with van der Waals surface area (Å²) >= 11 is 8.96. The van der Waals surface area contributed by atoms with Gasteiger partial charge in [0.1, 0.15) is 5.75 Å². The van der Waals surface area contributed by atoms with E-state index < -0.39 is 0 Å². The number of rotatable bonds is 2. The lowest BCUT2D eigenvalue weighted by Gasteiger charge is -2.03. The van der Waals surface area contributed by atoms with E-state index in [9.17, 15) is 0 Å². The average Bonchev–Trinajstić information content (AvgIpc) is 1.95. The van der Waals surface area contributed by atoms with Gasteiger partial charge in [-0.3, -0.25) is 0 Å². The summed E-state index contributed by atoms with van der Waals surface area (Å²) in [5.41, 5.74) is 0. The molecule has 0 aliphatic rings. The highest BCUT2D eigenvalue weighted by atomic mass is 79.9. The molecule has 0 aliphatic carbocycles. The molecule has 5 heteroatoms. The van der Waals surface area contributed by atoms with Crippen LogP contribution < -0.4 is 4.65 Å². The summed E-state index contributed by atoms with van der Waals surface area (Å²) in [5, 5.41) is 8.74. The topological polar surface area (TPSA) is 29.5 Å². The Balaban J connectivity index is 2.90. The summed E-state index contributed by atoms with van der Waals surface area (Å²) < 4.78 is 5.54. The number of hydrogen-bond donors (Lipinski definition) is 1. The Hall–Kier alpha value is -0.185. The number of halogens is 2. The molecular weight excluding hydrogens is 230 g/mol. The molecule has 1 N–H and O–H groups in total. The molecule has 0 bridgehead atoms. The van der Waals surface area contributed by atoms with E-state index in [0.717, 1.165) is 4.47 Å². The highest BCUT2D eigenvalue weighted by molar-refractivity contribution is 9.10. The molecule has 0 fully saturated rings. The molecule has 0 aromatic heterocycles. The van der Waals surface area contributed by atoms with Crippen LogP contribution in [0.1, 0.15) is 0 Å². The maximum absolute atomic E-state index is 8.30. The molecule has 0 heterocycles. The molecule has 1 rings (SSSR count). The van der Waals surface area contributed by atoms with Crippen molar-refractivity contribution < 1.29 is 9.68 Å². The van der Waals surface area contributed by atoms with Crippen molar-refractivity contribution in [3.05, 3.63) is 27.7 Å². The van der Waals surface area contributed by atoms with Crippen LogP contribution in [0.3, 0.4) is 0 Å². The third-order valence-electron chi connectivity index (χ3n) is 1.07. The van der Waals surface area contributed by atoms with Gasteiger partial charge in [-0.1, -0.05) is 27.5 Å². The molecule has 0 amide bonds. The Labute approximate surface area is 78.6 Å². The molecule has 0 saturated heterocycles. The first-order chi connectivity index (χ1) is 5.24. The summed E-state index contributed by atoms with van der Waals surface area (Å²) in [6.07, 6.45) is 0. The van der Waals surface area contributed by atoms with Crippen molar-refractivity contribution in [2.24, 2.45) is 0 Å². The maximum Gasteiger partial charge on any atom is 0.569 e. The summed E-state index contributed by atoms with van der Waals surface area (Å²) in [5.74, 6) is 0.428. The van der Waals surface area contributed by atoms with Crippen molar-refractivity contribution in [2.75, 3.05) is 0 Å². The lowest BCUT2D eigenvalue weighted by Crippen LogP contribution is -1.99. The van der Waals surface area contributed by atoms with Gasteiger partial charge < -0.3 is 9.68 Å². The van der Waals surface area contributed by atoms with E-state index in [1.165, 1.54) is 0 Å². The Kier molecular flexibility index (Phi) is 3.24. The van der Waals surface area contributed by atoms with Gasteiger partial charge in [0.15, 0.2) is 0 Å². The fraction of sp³-hybridized carbons (Fsp3) is 0. The van der Waals surface area contributed by atoms with E-state index in [-0.39, 0.29) is 0 Å². The normalized spacial score (nSPS) is 9.36. The quantitative estimate of drug-likeness (QED) is 0.793. The molecular formula is C6H4BBrClO2. The minimum absolute atomic E-state index is 0.428. The second-order valence-corrected chi connectivity index (χ2v) is 3.12. The van der Waals surface area contributed by atoms with E-state index in [1.807, 2.05) is 0 Å². The molecule has 57 valence electrons. The molecule has 0 aliphatic heterocycles. The van der Waals surface area contributed by atoms with Gasteiger partial charge in [-0.2, -0.15) is 0 Å². The third kappa shape index (κ3) is 2.40.